The number of carbonyl (C=O) groups excluding carboxylic acids is 3. The summed E-state index contributed by atoms with van der Waals surface area (Å²) in [6.45, 7) is 8.60. The topological polar surface area (TPSA) is 118 Å². The Balaban J connectivity index is 1.24. The summed E-state index contributed by atoms with van der Waals surface area (Å²) in [5, 5.41) is 16.3. The molecule has 224 valence electrons. The highest BCUT2D eigenvalue weighted by Gasteiger charge is 2.72. The zero-order valence-corrected chi connectivity index (χ0v) is 25.0. The van der Waals surface area contributed by atoms with Crippen molar-refractivity contribution < 1.29 is 24.2 Å². The molecule has 7 rings (SSSR count). The van der Waals surface area contributed by atoms with E-state index < -0.39 is 41.5 Å². The number of rotatable bonds is 5. The van der Waals surface area contributed by atoms with Crippen molar-refractivity contribution >= 4 is 34.2 Å². The van der Waals surface area contributed by atoms with E-state index in [4.69, 9.17) is 4.74 Å². The molecule has 4 aliphatic heterocycles. The monoisotopic (exact) mass is 575 g/mol. The molecule has 1 aliphatic carbocycles. The summed E-state index contributed by atoms with van der Waals surface area (Å²) in [6, 6.07) is 4.84. The lowest BCUT2D eigenvalue weighted by Gasteiger charge is -2.49. The molecule has 5 heterocycles. The van der Waals surface area contributed by atoms with Gasteiger partial charge in [0.05, 0.1) is 5.92 Å². The Morgan fingerprint density at radius 1 is 1.24 bits per heavy atom. The third-order valence-electron chi connectivity index (χ3n) is 10.2. The molecule has 0 spiro atoms. The summed E-state index contributed by atoms with van der Waals surface area (Å²) in [5.74, 6) is -3.97. The minimum atomic E-state index is -2.00. The summed E-state index contributed by atoms with van der Waals surface area (Å²) < 4.78 is 6.43. The molecule has 0 radical (unpaired) electrons. The van der Waals surface area contributed by atoms with Crippen LogP contribution in [0.3, 0.4) is 0 Å². The van der Waals surface area contributed by atoms with Crippen LogP contribution < -0.4 is 5.32 Å². The Bertz CT molecular complexity index is 1510. The fourth-order valence-corrected chi connectivity index (χ4v) is 8.10. The maximum absolute atomic E-state index is 14.4. The van der Waals surface area contributed by atoms with Gasteiger partial charge in [-0.15, -0.1) is 0 Å². The quantitative estimate of drug-likeness (QED) is 0.504. The molecule has 6 atom stereocenters. The molecule has 3 amide bonds. The van der Waals surface area contributed by atoms with Crippen LogP contribution in [0.1, 0.15) is 58.1 Å². The van der Waals surface area contributed by atoms with E-state index in [-0.39, 0.29) is 23.8 Å². The zero-order valence-electron chi connectivity index (χ0n) is 25.0. The second-order valence-electron chi connectivity index (χ2n) is 13.6. The molecular formula is C32H41N5O5. The summed E-state index contributed by atoms with van der Waals surface area (Å²) >= 11 is 0. The Labute approximate surface area is 246 Å². The van der Waals surface area contributed by atoms with Crippen molar-refractivity contribution in [2.24, 2.45) is 17.8 Å². The Kier molecular flexibility index (Phi) is 6.18. The van der Waals surface area contributed by atoms with E-state index in [0.717, 1.165) is 29.5 Å². The van der Waals surface area contributed by atoms with Crippen LogP contribution in [0.25, 0.3) is 16.5 Å². The molecule has 10 nitrogen and oxygen atoms in total. The van der Waals surface area contributed by atoms with Crippen molar-refractivity contribution in [3.05, 3.63) is 41.6 Å². The molecule has 1 aromatic carbocycles. The number of likely N-dealkylation sites (N-methyl/N-ethyl adjacent to an activating group) is 1. The number of aromatic amines is 1. The number of carbonyl (C=O) groups is 3. The van der Waals surface area contributed by atoms with Crippen LogP contribution in [0.5, 0.6) is 0 Å². The maximum atomic E-state index is 14.4. The van der Waals surface area contributed by atoms with Gasteiger partial charge in [-0.2, -0.15) is 0 Å². The van der Waals surface area contributed by atoms with Crippen LogP contribution in [-0.2, 0) is 25.5 Å². The van der Waals surface area contributed by atoms with Gasteiger partial charge < -0.3 is 20.3 Å². The molecule has 0 saturated carbocycles. The van der Waals surface area contributed by atoms with Gasteiger partial charge in [-0.25, -0.2) is 0 Å². The van der Waals surface area contributed by atoms with Gasteiger partial charge in [-0.3, -0.25) is 28.9 Å². The lowest BCUT2D eigenvalue weighted by molar-refractivity contribution is -0.322. The molecule has 0 bridgehead atoms. The maximum Gasteiger partial charge on any atom is 0.281 e. The first-order chi connectivity index (χ1) is 20.0. The summed E-state index contributed by atoms with van der Waals surface area (Å²) in [4.78, 5) is 50.7. The molecule has 2 aromatic rings. The molecular weight excluding hydrogens is 534 g/mol. The number of nitrogens with zero attached hydrogens (tertiary/aromatic N) is 3. The first-order valence-corrected chi connectivity index (χ1v) is 15.4. The number of hydrogen-bond donors (Lipinski definition) is 3. The van der Waals surface area contributed by atoms with Crippen molar-refractivity contribution in [3.8, 4) is 0 Å². The van der Waals surface area contributed by atoms with E-state index in [0.29, 0.717) is 25.9 Å². The van der Waals surface area contributed by atoms with Gasteiger partial charge in [0.15, 0.2) is 0 Å². The fraction of sp³-hybridized carbons (Fsp3) is 0.594. The number of aromatic nitrogens is 1. The van der Waals surface area contributed by atoms with E-state index in [1.165, 1.54) is 15.8 Å². The molecule has 3 fully saturated rings. The van der Waals surface area contributed by atoms with Crippen molar-refractivity contribution in [2.75, 3.05) is 20.1 Å². The van der Waals surface area contributed by atoms with Crippen LogP contribution in [0, 0.1) is 17.8 Å². The third kappa shape index (κ3) is 3.70. The van der Waals surface area contributed by atoms with Crippen molar-refractivity contribution in [2.45, 2.75) is 83.1 Å². The number of aliphatic hydroxyl groups is 1. The normalized spacial score (nSPS) is 34.2. The number of H-pyrrole nitrogens is 1. The minimum absolute atomic E-state index is 0.108. The highest BCUT2D eigenvalue weighted by Crippen LogP contribution is 2.48. The number of nitrogens with one attached hydrogen (secondary N) is 2. The molecule has 3 N–H and O–H groups in total. The van der Waals surface area contributed by atoms with Crippen LogP contribution in [-0.4, -0.2) is 92.4 Å². The second kappa shape index (κ2) is 9.39. The van der Waals surface area contributed by atoms with Crippen LogP contribution in [0.2, 0.25) is 0 Å². The van der Waals surface area contributed by atoms with Gasteiger partial charge in [-0.05, 0) is 61.4 Å². The van der Waals surface area contributed by atoms with Crippen LogP contribution >= 0.6 is 0 Å². The third-order valence-corrected chi connectivity index (χ3v) is 10.2. The van der Waals surface area contributed by atoms with Crippen LogP contribution in [0.4, 0.5) is 0 Å². The van der Waals surface area contributed by atoms with Gasteiger partial charge in [0, 0.05) is 42.1 Å². The summed E-state index contributed by atoms with van der Waals surface area (Å²) in [5.41, 5.74) is 2.79. The van der Waals surface area contributed by atoms with Crippen molar-refractivity contribution in [1.82, 2.24) is 25.0 Å². The minimum Gasteiger partial charge on any atom is -0.361 e. The standard InChI is InChI=1S/C32H41N5O5/c1-17(2)12-25-29(39)36-11-7-10-26(36)32(41)37(25)30(40)31(42-32,18(3)4)34-28(38)20-13-22-21-8-6-9-23-27(21)19(15-33-23)14-24(22)35(5)16-20/h6,8-9,13,15,17-18,20,24-26,33,41H,7,10-12,14,16H2,1-5H3,(H,34,38)/t20-,24-,25?,26+,31?,32?/m1/s1. The van der Waals surface area contributed by atoms with Gasteiger partial charge in [0.25, 0.3) is 11.8 Å². The molecule has 5 aliphatic rings. The highest BCUT2D eigenvalue weighted by atomic mass is 16.7. The molecule has 3 unspecified atom stereocenters. The summed E-state index contributed by atoms with van der Waals surface area (Å²) in [7, 11) is 2.03. The van der Waals surface area contributed by atoms with E-state index in [2.05, 4.69) is 33.5 Å². The van der Waals surface area contributed by atoms with E-state index >= 15 is 0 Å². The number of benzene rings is 1. The van der Waals surface area contributed by atoms with Crippen LogP contribution in [0.15, 0.2) is 30.5 Å². The van der Waals surface area contributed by atoms with E-state index in [1.54, 1.807) is 4.90 Å². The van der Waals surface area contributed by atoms with E-state index in [9.17, 15) is 19.5 Å². The number of fused-ring (bicyclic) bond motifs is 5. The van der Waals surface area contributed by atoms with Gasteiger partial charge in [-0.1, -0.05) is 45.9 Å². The Hall–Kier alpha value is -3.21. The predicted molar refractivity (Wildman–Crippen MR) is 156 cm³/mol. The number of piperazine rings is 1. The lowest BCUT2D eigenvalue weighted by atomic mass is 9.79. The number of hydrogen-bond acceptors (Lipinski definition) is 6. The van der Waals surface area contributed by atoms with Gasteiger partial charge in [0.2, 0.25) is 17.5 Å². The summed E-state index contributed by atoms with van der Waals surface area (Å²) in [6.07, 6.45) is 6.62. The molecule has 42 heavy (non-hydrogen) atoms. The first-order valence-electron chi connectivity index (χ1n) is 15.4. The fourth-order valence-electron chi connectivity index (χ4n) is 8.10. The largest absolute Gasteiger partial charge is 0.361 e. The van der Waals surface area contributed by atoms with E-state index in [1.807, 2.05) is 46.9 Å². The van der Waals surface area contributed by atoms with Crippen molar-refractivity contribution in [3.63, 3.8) is 0 Å². The molecule has 10 heteroatoms. The molecule has 1 aromatic heterocycles. The lowest BCUT2D eigenvalue weighted by Crippen LogP contribution is -2.71. The molecule has 3 saturated heterocycles. The number of ether oxygens (including phenoxy) is 1. The Morgan fingerprint density at radius 2 is 2.02 bits per heavy atom. The van der Waals surface area contributed by atoms with Crippen molar-refractivity contribution in [1.29, 1.82) is 0 Å². The SMILES string of the molecule is CC(C)CC1C(=O)N2CCC[C@H]2C2(O)OC(NC(=O)[C@@H]3C=C4c5cccc6[nH]cc(c56)C[C@H]4N(C)C3)(C(C)C)C(=O)N12. The zero-order chi connectivity index (χ0) is 29.7. The number of amides is 3. The van der Waals surface area contributed by atoms with Gasteiger partial charge >= 0.3 is 0 Å². The smallest absolute Gasteiger partial charge is 0.281 e. The average Bonchev–Trinajstić information content (AvgIpc) is 3.65. The Morgan fingerprint density at radius 3 is 2.76 bits per heavy atom. The second-order valence-corrected chi connectivity index (χ2v) is 13.6. The average molecular weight is 576 g/mol. The first kappa shape index (κ1) is 27.6. The highest BCUT2D eigenvalue weighted by molar-refractivity contribution is 6.01. The predicted octanol–water partition coefficient (Wildman–Crippen LogP) is 2.43. The van der Waals surface area contributed by atoms with Gasteiger partial charge in [0.1, 0.15) is 12.1 Å².